The van der Waals surface area contributed by atoms with E-state index in [0.717, 1.165) is 24.3 Å². The molecule has 1 aliphatic rings. The highest BCUT2D eigenvalue weighted by atomic mass is 16.2. The smallest absolute Gasteiger partial charge is 0.249 e. The average Bonchev–Trinajstić information content (AvgIpc) is 2.90. The van der Waals surface area contributed by atoms with Gasteiger partial charge in [0.1, 0.15) is 6.04 Å². The minimum absolute atomic E-state index is 0.126. The Morgan fingerprint density at radius 3 is 2.81 bits per heavy atom. The molecule has 1 atom stereocenters. The normalized spacial score (nSPS) is 14.7. The van der Waals surface area contributed by atoms with E-state index in [4.69, 9.17) is 0 Å². The number of aryl methyl sites for hydroxylation is 1. The molecule has 0 unspecified atom stereocenters. The molecule has 1 aliphatic heterocycles. The zero-order valence-corrected chi connectivity index (χ0v) is 12.5. The molecule has 0 fully saturated rings. The van der Waals surface area contributed by atoms with Crippen LogP contribution in [0.25, 0.3) is 0 Å². The first-order valence-electron chi connectivity index (χ1n) is 7.37. The summed E-state index contributed by atoms with van der Waals surface area (Å²) in [6, 6.07) is 16.0. The van der Waals surface area contributed by atoms with E-state index in [1.807, 2.05) is 55.1 Å². The largest absolute Gasteiger partial charge is 0.374 e. The van der Waals surface area contributed by atoms with E-state index in [1.54, 1.807) is 0 Å². The Bertz CT molecular complexity index is 666. The van der Waals surface area contributed by atoms with E-state index >= 15 is 0 Å². The van der Waals surface area contributed by atoms with Gasteiger partial charge in [0, 0.05) is 17.9 Å². The number of amides is 1. The number of hydrogen-bond donors (Lipinski definition) is 1. The van der Waals surface area contributed by atoms with Gasteiger partial charge in [-0.05, 0) is 49.6 Å². The van der Waals surface area contributed by atoms with Crippen LogP contribution < -0.4 is 10.2 Å². The van der Waals surface area contributed by atoms with Gasteiger partial charge in [0.05, 0.1) is 0 Å². The van der Waals surface area contributed by atoms with Gasteiger partial charge in [-0.15, -0.1) is 0 Å². The van der Waals surface area contributed by atoms with Crippen molar-refractivity contribution in [2.24, 2.45) is 0 Å². The highest BCUT2D eigenvalue weighted by Crippen LogP contribution is 2.28. The van der Waals surface area contributed by atoms with Gasteiger partial charge in [0.15, 0.2) is 0 Å². The standard InChI is InChI=1S/C18H20N2O/c1-13-6-5-8-16(12-13)19-14(2)18(21)20-11-10-15-7-3-4-9-17(15)20/h3-9,12,14,19H,10-11H2,1-2H3/t14-/m1/s1. The molecule has 2 aromatic carbocycles. The van der Waals surface area contributed by atoms with E-state index in [-0.39, 0.29) is 11.9 Å². The van der Waals surface area contributed by atoms with Gasteiger partial charge >= 0.3 is 0 Å². The highest BCUT2D eigenvalue weighted by molar-refractivity contribution is 6.00. The van der Waals surface area contributed by atoms with Crippen LogP contribution in [0.1, 0.15) is 18.1 Å². The summed E-state index contributed by atoms with van der Waals surface area (Å²) in [6.45, 7) is 4.75. The van der Waals surface area contributed by atoms with Crippen molar-refractivity contribution in [1.82, 2.24) is 0 Å². The number of nitrogens with zero attached hydrogens (tertiary/aromatic N) is 1. The van der Waals surface area contributed by atoms with Crippen LogP contribution in [0.2, 0.25) is 0 Å². The Kier molecular flexibility index (Phi) is 3.65. The average molecular weight is 280 g/mol. The fourth-order valence-electron chi connectivity index (χ4n) is 2.85. The summed E-state index contributed by atoms with van der Waals surface area (Å²) in [4.78, 5) is 14.6. The molecule has 0 aromatic heterocycles. The number of para-hydroxylation sites is 1. The lowest BCUT2D eigenvalue weighted by Crippen LogP contribution is -2.40. The van der Waals surface area contributed by atoms with Crippen LogP contribution in [0.4, 0.5) is 11.4 Å². The SMILES string of the molecule is Cc1cccc(N[C@H](C)C(=O)N2CCc3ccccc32)c1. The predicted octanol–water partition coefficient (Wildman–Crippen LogP) is 3.38. The van der Waals surface area contributed by atoms with Crippen molar-refractivity contribution in [2.75, 3.05) is 16.8 Å². The zero-order valence-electron chi connectivity index (χ0n) is 12.5. The van der Waals surface area contributed by atoms with Crippen molar-refractivity contribution in [3.05, 3.63) is 59.7 Å². The molecule has 1 heterocycles. The Hall–Kier alpha value is -2.29. The molecule has 108 valence electrons. The third kappa shape index (κ3) is 2.77. The lowest BCUT2D eigenvalue weighted by molar-refractivity contribution is -0.118. The summed E-state index contributed by atoms with van der Waals surface area (Å²) in [5.41, 5.74) is 4.49. The Balaban J connectivity index is 1.74. The molecule has 1 N–H and O–H groups in total. The van der Waals surface area contributed by atoms with Crippen molar-refractivity contribution < 1.29 is 4.79 Å². The number of anilines is 2. The third-order valence-corrected chi connectivity index (χ3v) is 3.92. The van der Waals surface area contributed by atoms with Crippen LogP contribution in [0.15, 0.2) is 48.5 Å². The highest BCUT2D eigenvalue weighted by Gasteiger charge is 2.27. The number of benzene rings is 2. The molecule has 0 bridgehead atoms. The predicted molar refractivity (Wildman–Crippen MR) is 86.8 cm³/mol. The van der Waals surface area contributed by atoms with E-state index in [0.29, 0.717) is 0 Å². The van der Waals surface area contributed by atoms with Crippen LogP contribution in [-0.2, 0) is 11.2 Å². The molecule has 0 saturated carbocycles. The maximum atomic E-state index is 12.7. The van der Waals surface area contributed by atoms with Crippen molar-refractivity contribution in [3.63, 3.8) is 0 Å². The number of carbonyl (C=O) groups is 1. The summed E-state index contributed by atoms with van der Waals surface area (Å²) in [5.74, 6) is 0.126. The van der Waals surface area contributed by atoms with Crippen molar-refractivity contribution in [3.8, 4) is 0 Å². The van der Waals surface area contributed by atoms with Gasteiger partial charge in [-0.25, -0.2) is 0 Å². The molecule has 3 nitrogen and oxygen atoms in total. The Morgan fingerprint density at radius 1 is 1.19 bits per heavy atom. The minimum atomic E-state index is -0.238. The molecule has 0 spiro atoms. The van der Waals surface area contributed by atoms with Crippen molar-refractivity contribution in [2.45, 2.75) is 26.3 Å². The van der Waals surface area contributed by atoms with E-state index in [9.17, 15) is 4.79 Å². The number of nitrogens with one attached hydrogen (secondary N) is 1. The molecule has 0 saturated heterocycles. The van der Waals surface area contributed by atoms with Crippen molar-refractivity contribution in [1.29, 1.82) is 0 Å². The summed E-state index contributed by atoms with van der Waals surface area (Å²) < 4.78 is 0. The Labute approximate surface area is 125 Å². The second-order valence-corrected chi connectivity index (χ2v) is 5.60. The lowest BCUT2D eigenvalue weighted by atomic mass is 10.1. The maximum Gasteiger partial charge on any atom is 0.249 e. The van der Waals surface area contributed by atoms with Gasteiger partial charge in [-0.1, -0.05) is 30.3 Å². The lowest BCUT2D eigenvalue weighted by Gasteiger charge is -2.23. The van der Waals surface area contributed by atoms with E-state index in [1.165, 1.54) is 11.1 Å². The van der Waals surface area contributed by atoms with Crippen LogP contribution in [0, 0.1) is 6.92 Å². The fourth-order valence-corrected chi connectivity index (χ4v) is 2.85. The summed E-state index contributed by atoms with van der Waals surface area (Å²) in [5, 5.41) is 3.30. The fraction of sp³-hybridized carbons (Fsp3) is 0.278. The summed E-state index contributed by atoms with van der Waals surface area (Å²) in [6.07, 6.45) is 0.944. The molecular formula is C18H20N2O. The molecule has 2 aromatic rings. The monoisotopic (exact) mass is 280 g/mol. The molecule has 3 heteroatoms. The van der Waals surface area contributed by atoms with Gasteiger partial charge in [0.2, 0.25) is 5.91 Å². The minimum Gasteiger partial charge on any atom is -0.374 e. The van der Waals surface area contributed by atoms with Crippen LogP contribution in [-0.4, -0.2) is 18.5 Å². The zero-order chi connectivity index (χ0) is 14.8. The van der Waals surface area contributed by atoms with E-state index < -0.39 is 0 Å². The molecule has 0 radical (unpaired) electrons. The second kappa shape index (κ2) is 5.60. The maximum absolute atomic E-state index is 12.7. The molecule has 21 heavy (non-hydrogen) atoms. The van der Waals surface area contributed by atoms with Crippen LogP contribution >= 0.6 is 0 Å². The molecule has 1 amide bonds. The first-order chi connectivity index (χ1) is 10.1. The number of carbonyl (C=O) groups excluding carboxylic acids is 1. The van der Waals surface area contributed by atoms with Gasteiger partial charge in [-0.3, -0.25) is 4.79 Å². The first kappa shape index (κ1) is 13.7. The van der Waals surface area contributed by atoms with Crippen molar-refractivity contribution >= 4 is 17.3 Å². The van der Waals surface area contributed by atoms with Crippen LogP contribution in [0.5, 0.6) is 0 Å². The second-order valence-electron chi connectivity index (χ2n) is 5.60. The quantitative estimate of drug-likeness (QED) is 0.934. The third-order valence-electron chi connectivity index (χ3n) is 3.92. The molecule has 3 rings (SSSR count). The summed E-state index contributed by atoms with van der Waals surface area (Å²) in [7, 11) is 0. The number of rotatable bonds is 3. The summed E-state index contributed by atoms with van der Waals surface area (Å²) >= 11 is 0. The topological polar surface area (TPSA) is 32.3 Å². The van der Waals surface area contributed by atoms with E-state index in [2.05, 4.69) is 17.4 Å². The van der Waals surface area contributed by atoms with Gasteiger partial charge in [-0.2, -0.15) is 0 Å². The van der Waals surface area contributed by atoms with Gasteiger partial charge < -0.3 is 10.2 Å². The van der Waals surface area contributed by atoms with Gasteiger partial charge in [0.25, 0.3) is 0 Å². The van der Waals surface area contributed by atoms with Crippen LogP contribution in [0.3, 0.4) is 0 Å². The Morgan fingerprint density at radius 2 is 2.00 bits per heavy atom. The first-order valence-corrected chi connectivity index (χ1v) is 7.37. The number of hydrogen-bond acceptors (Lipinski definition) is 2. The number of fused-ring (bicyclic) bond motifs is 1. The molecule has 0 aliphatic carbocycles. The molecular weight excluding hydrogens is 260 g/mol.